The van der Waals surface area contributed by atoms with Gasteiger partial charge in [0.2, 0.25) is 0 Å². The smallest absolute Gasteiger partial charge is 0.141 e. The number of hydrogen-bond donors (Lipinski definition) is 2. The quantitative estimate of drug-likeness (QED) is 0.752. The number of para-hydroxylation sites is 1. The SMILES string of the molecule is Oc1cccc2ccc(CNc3cccc(Br)c3)nc12. The van der Waals surface area contributed by atoms with Gasteiger partial charge in [-0.05, 0) is 30.3 Å². The fraction of sp³-hybridized carbons (Fsp3) is 0.0625. The van der Waals surface area contributed by atoms with E-state index in [2.05, 4.69) is 26.2 Å². The van der Waals surface area contributed by atoms with Gasteiger partial charge in [0.25, 0.3) is 0 Å². The van der Waals surface area contributed by atoms with Crippen molar-refractivity contribution in [2.24, 2.45) is 0 Å². The van der Waals surface area contributed by atoms with Gasteiger partial charge in [-0.3, -0.25) is 0 Å². The van der Waals surface area contributed by atoms with Crippen molar-refractivity contribution in [3.8, 4) is 5.75 Å². The molecule has 20 heavy (non-hydrogen) atoms. The summed E-state index contributed by atoms with van der Waals surface area (Å²) in [5.41, 5.74) is 2.55. The number of fused-ring (bicyclic) bond motifs is 1. The Labute approximate surface area is 125 Å². The van der Waals surface area contributed by atoms with Crippen LogP contribution in [0.15, 0.2) is 59.1 Å². The number of benzene rings is 2. The van der Waals surface area contributed by atoms with E-state index in [0.29, 0.717) is 12.1 Å². The fourth-order valence-electron chi connectivity index (χ4n) is 2.06. The maximum atomic E-state index is 9.83. The molecule has 0 spiro atoms. The van der Waals surface area contributed by atoms with E-state index in [1.807, 2.05) is 48.5 Å². The first-order chi connectivity index (χ1) is 9.72. The number of hydrogen-bond acceptors (Lipinski definition) is 3. The summed E-state index contributed by atoms with van der Waals surface area (Å²) >= 11 is 3.44. The van der Waals surface area contributed by atoms with E-state index in [9.17, 15) is 5.11 Å². The van der Waals surface area contributed by atoms with Gasteiger partial charge >= 0.3 is 0 Å². The van der Waals surface area contributed by atoms with Gasteiger partial charge < -0.3 is 10.4 Å². The lowest BCUT2D eigenvalue weighted by Gasteiger charge is -2.08. The number of nitrogens with zero attached hydrogens (tertiary/aromatic N) is 1. The second kappa shape index (κ2) is 5.51. The number of anilines is 1. The summed E-state index contributed by atoms with van der Waals surface area (Å²) in [5.74, 6) is 0.215. The van der Waals surface area contributed by atoms with Gasteiger partial charge in [-0.2, -0.15) is 0 Å². The molecule has 100 valence electrons. The number of nitrogens with one attached hydrogen (secondary N) is 1. The lowest BCUT2D eigenvalue weighted by atomic mass is 10.2. The van der Waals surface area contributed by atoms with Crippen LogP contribution >= 0.6 is 15.9 Å². The first kappa shape index (κ1) is 12.9. The lowest BCUT2D eigenvalue weighted by molar-refractivity contribution is 0.480. The largest absolute Gasteiger partial charge is 0.506 e. The van der Waals surface area contributed by atoms with Gasteiger partial charge in [-0.1, -0.05) is 40.2 Å². The summed E-state index contributed by atoms with van der Waals surface area (Å²) in [4.78, 5) is 4.49. The van der Waals surface area contributed by atoms with Crippen LogP contribution in [0.3, 0.4) is 0 Å². The van der Waals surface area contributed by atoms with E-state index in [0.717, 1.165) is 21.2 Å². The molecular formula is C16H13BrN2O. The van der Waals surface area contributed by atoms with E-state index in [1.165, 1.54) is 0 Å². The summed E-state index contributed by atoms with van der Waals surface area (Å²) < 4.78 is 1.03. The third-order valence-electron chi connectivity index (χ3n) is 3.05. The predicted octanol–water partition coefficient (Wildman–Crippen LogP) is 4.32. The summed E-state index contributed by atoms with van der Waals surface area (Å²) in [6.07, 6.45) is 0. The van der Waals surface area contributed by atoms with Crippen molar-refractivity contribution in [1.82, 2.24) is 4.98 Å². The third-order valence-corrected chi connectivity index (χ3v) is 3.55. The van der Waals surface area contributed by atoms with Gasteiger partial charge in [-0.25, -0.2) is 4.98 Å². The monoisotopic (exact) mass is 328 g/mol. The fourth-order valence-corrected chi connectivity index (χ4v) is 2.46. The Morgan fingerprint density at radius 2 is 1.90 bits per heavy atom. The molecule has 0 bridgehead atoms. The van der Waals surface area contributed by atoms with E-state index in [-0.39, 0.29) is 5.75 Å². The average Bonchev–Trinajstić information content (AvgIpc) is 2.46. The summed E-state index contributed by atoms with van der Waals surface area (Å²) in [7, 11) is 0. The van der Waals surface area contributed by atoms with E-state index >= 15 is 0 Å². The summed E-state index contributed by atoms with van der Waals surface area (Å²) in [6, 6.07) is 17.3. The zero-order valence-electron chi connectivity index (χ0n) is 10.7. The molecule has 0 amide bonds. The van der Waals surface area contributed by atoms with Crippen molar-refractivity contribution in [3.63, 3.8) is 0 Å². The normalized spacial score (nSPS) is 10.7. The zero-order valence-corrected chi connectivity index (χ0v) is 12.3. The van der Waals surface area contributed by atoms with Crippen LogP contribution in [-0.4, -0.2) is 10.1 Å². The highest BCUT2D eigenvalue weighted by atomic mass is 79.9. The highest BCUT2D eigenvalue weighted by Crippen LogP contribution is 2.23. The maximum absolute atomic E-state index is 9.83. The standard InChI is InChI=1S/C16H13BrN2O/c17-12-4-2-5-13(9-12)18-10-14-8-7-11-3-1-6-15(20)16(11)19-14/h1-9,18,20H,10H2. The minimum absolute atomic E-state index is 0.215. The van der Waals surface area contributed by atoms with Crippen molar-refractivity contribution in [2.75, 3.05) is 5.32 Å². The highest BCUT2D eigenvalue weighted by molar-refractivity contribution is 9.10. The molecular weight excluding hydrogens is 316 g/mol. The maximum Gasteiger partial charge on any atom is 0.141 e. The molecule has 0 aliphatic heterocycles. The Morgan fingerprint density at radius 3 is 2.75 bits per heavy atom. The molecule has 0 saturated heterocycles. The molecule has 0 aliphatic carbocycles. The van der Waals surface area contributed by atoms with Gasteiger partial charge in [-0.15, -0.1) is 0 Å². The highest BCUT2D eigenvalue weighted by Gasteiger charge is 2.02. The molecule has 0 atom stereocenters. The number of pyridine rings is 1. The Kier molecular flexibility index (Phi) is 3.56. The van der Waals surface area contributed by atoms with Crippen molar-refractivity contribution >= 4 is 32.5 Å². The van der Waals surface area contributed by atoms with Crippen molar-refractivity contribution in [1.29, 1.82) is 0 Å². The number of rotatable bonds is 3. The molecule has 3 nitrogen and oxygen atoms in total. The second-order valence-electron chi connectivity index (χ2n) is 4.52. The van der Waals surface area contributed by atoms with Gasteiger partial charge in [0, 0.05) is 15.5 Å². The van der Waals surface area contributed by atoms with Crippen LogP contribution in [0, 0.1) is 0 Å². The van der Waals surface area contributed by atoms with Crippen LogP contribution in [0.4, 0.5) is 5.69 Å². The van der Waals surface area contributed by atoms with Crippen LogP contribution in [0.1, 0.15) is 5.69 Å². The minimum atomic E-state index is 0.215. The van der Waals surface area contributed by atoms with E-state index in [4.69, 9.17) is 0 Å². The molecule has 0 fully saturated rings. The first-order valence-electron chi connectivity index (χ1n) is 6.29. The van der Waals surface area contributed by atoms with Gasteiger partial charge in [0.15, 0.2) is 0 Å². The first-order valence-corrected chi connectivity index (χ1v) is 7.09. The summed E-state index contributed by atoms with van der Waals surface area (Å²) in [5, 5.41) is 14.1. The van der Waals surface area contributed by atoms with E-state index < -0.39 is 0 Å². The Bertz CT molecular complexity index is 758. The molecule has 0 unspecified atom stereocenters. The Morgan fingerprint density at radius 1 is 1.05 bits per heavy atom. The van der Waals surface area contributed by atoms with Gasteiger partial charge in [0.1, 0.15) is 11.3 Å². The molecule has 2 aromatic carbocycles. The van der Waals surface area contributed by atoms with Crippen LogP contribution in [0.25, 0.3) is 10.9 Å². The molecule has 1 heterocycles. The van der Waals surface area contributed by atoms with Crippen LogP contribution in [0.2, 0.25) is 0 Å². The lowest BCUT2D eigenvalue weighted by Crippen LogP contribution is -2.01. The topological polar surface area (TPSA) is 45.1 Å². The molecule has 3 rings (SSSR count). The van der Waals surface area contributed by atoms with Crippen LogP contribution in [-0.2, 0) is 6.54 Å². The van der Waals surface area contributed by atoms with Crippen molar-refractivity contribution < 1.29 is 5.11 Å². The zero-order chi connectivity index (χ0) is 13.9. The average molecular weight is 329 g/mol. The predicted molar refractivity (Wildman–Crippen MR) is 84.9 cm³/mol. The molecule has 0 radical (unpaired) electrons. The Balaban J connectivity index is 1.83. The third kappa shape index (κ3) is 2.75. The molecule has 1 aromatic heterocycles. The molecule has 0 aliphatic rings. The molecule has 4 heteroatoms. The number of aromatic nitrogens is 1. The number of aromatic hydroxyl groups is 1. The van der Waals surface area contributed by atoms with Crippen molar-refractivity contribution in [2.45, 2.75) is 6.54 Å². The van der Waals surface area contributed by atoms with Crippen LogP contribution in [0.5, 0.6) is 5.75 Å². The summed E-state index contributed by atoms with van der Waals surface area (Å²) in [6.45, 7) is 0.612. The second-order valence-corrected chi connectivity index (χ2v) is 5.43. The molecule has 2 N–H and O–H groups in total. The Hall–Kier alpha value is -2.07. The van der Waals surface area contributed by atoms with E-state index in [1.54, 1.807) is 6.07 Å². The minimum Gasteiger partial charge on any atom is -0.506 e. The number of phenolic OH excluding ortho intramolecular Hbond substituents is 1. The van der Waals surface area contributed by atoms with Crippen molar-refractivity contribution in [3.05, 3.63) is 64.8 Å². The number of halogens is 1. The molecule has 3 aromatic rings. The number of phenols is 1. The molecule has 0 saturated carbocycles. The van der Waals surface area contributed by atoms with Crippen LogP contribution < -0.4 is 5.32 Å². The van der Waals surface area contributed by atoms with Gasteiger partial charge in [0.05, 0.1) is 12.2 Å².